The fraction of sp³-hybridized carbons (Fsp3) is 0. The van der Waals surface area contributed by atoms with Crippen LogP contribution in [-0.2, 0) is 0 Å². The molecule has 0 saturated heterocycles. The van der Waals surface area contributed by atoms with Crippen molar-refractivity contribution in [2.75, 3.05) is 0 Å². The van der Waals surface area contributed by atoms with E-state index in [1.54, 1.807) is 6.07 Å². The lowest BCUT2D eigenvalue weighted by Gasteiger charge is -2.03. The van der Waals surface area contributed by atoms with Crippen molar-refractivity contribution in [2.45, 2.75) is 0 Å². The highest BCUT2D eigenvalue weighted by Gasteiger charge is 2.17. The number of aromatic amines is 1. The van der Waals surface area contributed by atoms with Crippen molar-refractivity contribution in [2.24, 2.45) is 0 Å². The van der Waals surface area contributed by atoms with Crippen molar-refractivity contribution in [3.05, 3.63) is 58.5 Å². The molecule has 1 heterocycles. The highest BCUT2D eigenvalue weighted by molar-refractivity contribution is 5.89. The monoisotopic (exact) mass is 257 g/mol. The molecule has 0 bridgehead atoms. The molecule has 0 amide bonds. The van der Waals surface area contributed by atoms with Crippen LogP contribution in [0, 0.1) is 15.9 Å². The molecule has 0 aliphatic rings. The first-order chi connectivity index (χ1) is 9.15. The van der Waals surface area contributed by atoms with E-state index in [1.165, 1.54) is 36.5 Å². The second-order valence-electron chi connectivity index (χ2n) is 4.09. The van der Waals surface area contributed by atoms with Gasteiger partial charge >= 0.3 is 0 Å². The van der Waals surface area contributed by atoms with E-state index in [4.69, 9.17) is 0 Å². The van der Waals surface area contributed by atoms with Crippen LogP contribution in [0.2, 0.25) is 0 Å². The topological polar surface area (TPSA) is 71.8 Å². The molecule has 1 N–H and O–H groups in total. The normalized spacial score (nSPS) is 10.8. The molecule has 0 aliphatic heterocycles. The molecule has 19 heavy (non-hydrogen) atoms. The van der Waals surface area contributed by atoms with Gasteiger partial charge in [0.25, 0.3) is 5.69 Å². The standard InChI is InChI=1S/C13H8FN3O2/c14-10-3-1-8(2-4-10)11-6-12-9(7-15-16-12)5-13(11)17(18)19/h1-7H,(H,15,16). The van der Waals surface area contributed by atoms with Crippen molar-refractivity contribution in [1.29, 1.82) is 0 Å². The van der Waals surface area contributed by atoms with Crippen molar-refractivity contribution < 1.29 is 9.31 Å². The van der Waals surface area contributed by atoms with Gasteiger partial charge in [-0.2, -0.15) is 5.10 Å². The Bertz CT molecular complexity index is 765. The van der Waals surface area contributed by atoms with Crippen LogP contribution in [0.3, 0.4) is 0 Å². The second-order valence-corrected chi connectivity index (χ2v) is 4.09. The van der Waals surface area contributed by atoms with E-state index in [1.807, 2.05) is 0 Å². The third-order valence-electron chi connectivity index (χ3n) is 2.91. The summed E-state index contributed by atoms with van der Waals surface area (Å²) in [5, 5.41) is 18.4. The van der Waals surface area contributed by atoms with E-state index in [0.29, 0.717) is 22.0 Å². The van der Waals surface area contributed by atoms with Gasteiger partial charge in [0.2, 0.25) is 0 Å². The SMILES string of the molecule is O=[N+]([O-])c1cc2cn[nH]c2cc1-c1ccc(F)cc1. The molecule has 5 nitrogen and oxygen atoms in total. The quantitative estimate of drug-likeness (QED) is 0.565. The second kappa shape index (κ2) is 4.16. The Labute approximate surface area is 106 Å². The molecule has 0 aliphatic carbocycles. The lowest BCUT2D eigenvalue weighted by atomic mass is 10.0. The summed E-state index contributed by atoms with van der Waals surface area (Å²) in [4.78, 5) is 10.7. The predicted octanol–water partition coefficient (Wildman–Crippen LogP) is 3.28. The molecule has 2 aromatic carbocycles. The summed E-state index contributed by atoms with van der Waals surface area (Å²) >= 11 is 0. The Morgan fingerprint density at radius 3 is 2.63 bits per heavy atom. The maximum atomic E-state index is 12.9. The average Bonchev–Trinajstić information content (AvgIpc) is 2.85. The van der Waals surface area contributed by atoms with Gasteiger partial charge < -0.3 is 0 Å². The van der Waals surface area contributed by atoms with Crippen molar-refractivity contribution in [1.82, 2.24) is 10.2 Å². The summed E-state index contributed by atoms with van der Waals surface area (Å²) in [6.07, 6.45) is 1.52. The molecule has 0 fully saturated rings. The first-order valence-corrected chi connectivity index (χ1v) is 5.52. The van der Waals surface area contributed by atoms with Gasteiger partial charge in [-0.15, -0.1) is 0 Å². The molecule has 3 aromatic rings. The Hall–Kier alpha value is -2.76. The zero-order chi connectivity index (χ0) is 13.4. The summed E-state index contributed by atoms with van der Waals surface area (Å²) in [7, 11) is 0. The van der Waals surface area contributed by atoms with Gasteiger partial charge in [-0.05, 0) is 23.8 Å². The lowest BCUT2D eigenvalue weighted by Crippen LogP contribution is -1.92. The number of nitrogens with zero attached hydrogens (tertiary/aromatic N) is 2. The lowest BCUT2D eigenvalue weighted by molar-refractivity contribution is -0.384. The maximum Gasteiger partial charge on any atom is 0.278 e. The number of aromatic nitrogens is 2. The molecule has 0 unspecified atom stereocenters. The Morgan fingerprint density at radius 1 is 1.21 bits per heavy atom. The van der Waals surface area contributed by atoms with E-state index in [9.17, 15) is 14.5 Å². The van der Waals surface area contributed by atoms with Gasteiger partial charge in [-0.3, -0.25) is 15.2 Å². The minimum absolute atomic E-state index is 0.0273. The van der Waals surface area contributed by atoms with Crippen molar-refractivity contribution in [3.63, 3.8) is 0 Å². The summed E-state index contributed by atoms with van der Waals surface area (Å²) in [5.41, 5.74) is 1.69. The van der Waals surface area contributed by atoms with Crippen LogP contribution in [0.5, 0.6) is 0 Å². The van der Waals surface area contributed by atoms with Crippen LogP contribution in [0.4, 0.5) is 10.1 Å². The summed E-state index contributed by atoms with van der Waals surface area (Å²) in [6, 6.07) is 8.68. The van der Waals surface area contributed by atoms with Crippen molar-refractivity contribution in [3.8, 4) is 11.1 Å². The number of nitro benzene ring substituents is 1. The van der Waals surface area contributed by atoms with Crippen LogP contribution in [0.1, 0.15) is 0 Å². The Morgan fingerprint density at radius 2 is 1.95 bits per heavy atom. The van der Waals surface area contributed by atoms with Gasteiger partial charge in [0.15, 0.2) is 0 Å². The average molecular weight is 257 g/mol. The number of hydrogen-bond donors (Lipinski definition) is 1. The number of H-pyrrole nitrogens is 1. The number of hydrogen-bond acceptors (Lipinski definition) is 3. The number of benzene rings is 2. The van der Waals surface area contributed by atoms with Gasteiger partial charge in [0, 0.05) is 11.5 Å². The van der Waals surface area contributed by atoms with E-state index >= 15 is 0 Å². The number of halogens is 1. The Kier molecular flexibility index (Phi) is 2.49. The number of nitro groups is 1. The molecule has 0 saturated carbocycles. The third-order valence-corrected chi connectivity index (χ3v) is 2.91. The smallest absolute Gasteiger partial charge is 0.278 e. The largest absolute Gasteiger partial charge is 0.278 e. The summed E-state index contributed by atoms with van der Waals surface area (Å²) in [5.74, 6) is -0.381. The van der Waals surface area contributed by atoms with Crippen LogP contribution < -0.4 is 0 Å². The molecule has 94 valence electrons. The van der Waals surface area contributed by atoms with E-state index in [0.717, 1.165) is 0 Å². The van der Waals surface area contributed by atoms with Crippen LogP contribution in [0.25, 0.3) is 22.0 Å². The third kappa shape index (κ3) is 1.93. The molecule has 0 spiro atoms. The van der Waals surface area contributed by atoms with Gasteiger partial charge in [0.1, 0.15) is 5.82 Å². The van der Waals surface area contributed by atoms with Crippen LogP contribution in [0.15, 0.2) is 42.6 Å². The molecule has 0 radical (unpaired) electrons. The molecular formula is C13H8FN3O2. The Balaban J connectivity index is 2.28. The molecular weight excluding hydrogens is 249 g/mol. The summed E-state index contributed by atoms with van der Waals surface area (Å²) in [6.45, 7) is 0. The van der Waals surface area contributed by atoms with Gasteiger partial charge in [-0.1, -0.05) is 12.1 Å². The van der Waals surface area contributed by atoms with Gasteiger partial charge in [-0.25, -0.2) is 4.39 Å². The van der Waals surface area contributed by atoms with E-state index in [2.05, 4.69) is 10.2 Å². The maximum absolute atomic E-state index is 12.9. The molecule has 0 atom stereocenters. The fourth-order valence-corrected chi connectivity index (χ4v) is 1.99. The number of fused-ring (bicyclic) bond motifs is 1. The van der Waals surface area contributed by atoms with Crippen LogP contribution >= 0.6 is 0 Å². The number of rotatable bonds is 2. The van der Waals surface area contributed by atoms with Gasteiger partial charge in [0.05, 0.1) is 22.2 Å². The van der Waals surface area contributed by atoms with Crippen molar-refractivity contribution >= 4 is 16.6 Å². The van der Waals surface area contributed by atoms with Crippen LogP contribution in [-0.4, -0.2) is 15.1 Å². The summed E-state index contributed by atoms with van der Waals surface area (Å²) < 4.78 is 12.9. The highest BCUT2D eigenvalue weighted by Crippen LogP contribution is 2.33. The number of nitrogens with one attached hydrogen (secondary N) is 1. The zero-order valence-electron chi connectivity index (χ0n) is 9.63. The van der Waals surface area contributed by atoms with E-state index < -0.39 is 4.92 Å². The minimum Gasteiger partial charge on any atom is -0.278 e. The first kappa shape index (κ1) is 11.3. The highest BCUT2D eigenvalue weighted by atomic mass is 19.1. The first-order valence-electron chi connectivity index (χ1n) is 5.52. The molecule has 1 aromatic heterocycles. The molecule has 3 rings (SSSR count). The zero-order valence-corrected chi connectivity index (χ0v) is 9.63. The van der Waals surface area contributed by atoms with E-state index in [-0.39, 0.29) is 11.5 Å². The minimum atomic E-state index is -0.453. The molecule has 6 heteroatoms. The predicted molar refractivity (Wildman–Crippen MR) is 68.1 cm³/mol. The fourth-order valence-electron chi connectivity index (χ4n) is 1.99.